The second-order valence-electron chi connectivity index (χ2n) is 4.56. The SMILES string of the molecule is NCCCCCCNS(=O)(=O)N1CCCCC1. The van der Waals surface area contributed by atoms with Crippen LogP contribution < -0.4 is 10.5 Å². The Hall–Kier alpha value is -0.170. The first kappa shape index (κ1) is 14.9. The van der Waals surface area contributed by atoms with Gasteiger partial charge in [-0.3, -0.25) is 0 Å². The van der Waals surface area contributed by atoms with Gasteiger partial charge in [0.15, 0.2) is 0 Å². The van der Waals surface area contributed by atoms with Crippen LogP contribution in [0.15, 0.2) is 0 Å². The molecule has 0 atom stereocenters. The van der Waals surface area contributed by atoms with E-state index in [1.165, 1.54) is 0 Å². The van der Waals surface area contributed by atoms with Gasteiger partial charge < -0.3 is 5.73 Å². The maximum Gasteiger partial charge on any atom is 0.279 e. The van der Waals surface area contributed by atoms with Crippen LogP contribution in [-0.4, -0.2) is 38.9 Å². The Labute approximate surface area is 105 Å². The third-order valence-corrected chi connectivity index (χ3v) is 4.68. The standard InChI is InChI=1S/C11H25N3O2S/c12-8-4-1-2-5-9-13-17(15,16)14-10-6-3-7-11-14/h13H,1-12H2. The van der Waals surface area contributed by atoms with Crippen molar-refractivity contribution in [2.45, 2.75) is 44.9 Å². The molecule has 0 aromatic heterocycles. The minimum absolute atomic E-state index is 0.545. The zero-order valence-electron chi connectivity index (χ0n) is 10.5. The fourth-order valence-electron chi connectivity index (χ4n) is 2.02. The molecule has 1 aliphatic rings. The lowest BCUT2D eigenvalue weighted by molar-refractivity contribution is 0.341. The molecule has 0 spiro atoms. The predicted molar refractivity (Wildman–Crippen MR) is 69.9 cm³/mol. The predicted octanol–water partition coefficient (Wildman–Crippen LogP) is 0.826. The first-order valence-electron chi connectivity index (χ1n) is 6.61. The molecule has 17 heavy (non-hydrogen) atoms. The Morgan fingerprint density at radius 2 is 1.65 bits per heavy atom. The molecule has 102 valence electrons. The van der Waals surface area contributed by atoms with Crippen molar-refractivity contribution >= 4 is 10.2 Å². The molecule has 0 saturated carbocycles. The van der Waals surface area contributed by atoms with Crippen molar-refractivity contribution in [3.63, 3.8) is 0 Å². The van der Waals surface area contributed by atoms with E-state index in [-0.39, 0.29) is 0 Å². The van der Waals surface area contributed by atoms with E-state index >= 15 is 0 Å². The lowest BCUT2D eigenvalue weighted by Gasteiger charge is -2.25. The molecule has 0 aromatic carbocycles. The number of piperidine rings is 1. The van der Waals surface area contributed by atoms with Crippen LogP contribution in [0.5, 0.6) is 0 Å². The Balaban J connectivity index is 2.15. The van der Waals surface area contributed by atoms with E-state index in [9.17, 15) is 8.42 Å². The summed E-state index contributed by atoms with van der Waals surface area (Å²) in [6.07, 6.45) is 7.16. The van der Waals surface area contributed by atoms with Crippen LogP contribution in [-0.2, 0) is 10.2 Å². The van der Waals surface area contributed by atoms with Gasteiger partial charge in [-0.2, -0.15) is 12.7 Å². The molecule has 0 amide bonds. The average Bonchev–Trinajstić information content (AvgIpc) is 2.35. The summed E-state index contributed by atoms with van der Waals surface area (Å²) in [5, 5.41) is 0. The maximum atomic E-state index is 11.9. The number of hydrogen-bond donors (Lipinski definition) is 2. The molecule has 0 bridgehead atoms. The van der Waals surface area contributed by atoms with E-state index in [1.807, 2.05) is 0 Å². The number of rotatable bonds is 8. The molecule has 0 aromatic rings. The molecule has 3 N–H and O–H groups in total. The van der Waals surface area contributed by atoms with Gasteiger partial charge in [0.25, 0.3) is 10.2 Å². The lowest BCUT2D eigenvalue weighted by Crippen LogP contribution is -2.43. The van der Waals surface area contributed by atoms with Crippen molar-refractivity contribution in [3.05, 3.63) is 0 Å². The van der Waals surface area contributed by atoms with Gasteiger partial charge >= 0.3 is 0 Å². The van der Waals surface area contributed by atoms with E-state index in [0.29, 0.717) is 19.6 Å². The molecule has 1 aliphatic heterocycles. The second-order valence-corrected chi connectivity index (χ2v) is 6.32. The van der Waals surface area contributed by atoms with Gasteiger partial charge in [0.1, 0.15) is 0 Å². The van der Waals surface area contributed by atoms with Crippen LogP contribution >= 0.6 is 0 Å². The van der Waals surface area contributed by atoms with Gasteiger partial charge in [0.05, 0.1) is 0 Å². The zero-order chi connectivity index (χ0) is 12.6. The first-order chi connectivity index (χ1) is 8.17. The van der Waals surface area contributed by atoms with E-state index in [0.717, 1.165) is 51.5 Å². The molecule has 1 fully saturated rings. The van der Waals surface area contributed by atoms with E-state index in [1.54, 1.807) is 4.31 Å². The molecule has 6 heteroatoms. The molecule has 1 saturated heterocycles. The molecule has 0 radical (unpaired) electrons. The summed E-state index contributed by atoms with van der Waals surface area (Å²) in [6, 6.07) is 0. The molecule has 1 heterocycles. The number of unbranched alkanes of at least 4 members (excludes halogenated alkanes) is 3. The highest BCUT2D eigenvalue weighted by Gasteiger charge is 2.22. The van der Waals surface area contributed by atoms with Gasteiger partial charge in [-0.1, -0.05) is 19.3 Å². The fourth-order valence-corrected chi connectivity index (χ4v) is 3.34. The summed E-state index contributed by atoms with van der Waals surface area (Å²) in [7, 11) is -3.22. The van der Waals surface area contributed by atoms with Crippen molar-refractivity contribution in [1.29, 1.82) is 0 Å². The van der Waals surface area contributed by atoms with Gasteiger partial charge in [-0.15, -0.1) is 0 Å². The Morgan fingerprint density at radius 3 is 2.29 bits per heavy atom. The molecule has 0 aliphatic carbocycles. The molecule has 1 rings (SSSR count). The molecular weight excluding hydrogens is 238 g/mol. The van der Waals surface area contributed by atoms with Gasteiger partial charge in [0, 0.05) is 19.6 Å². The van der Waals surface area contributed by atoms with Crippen molar-refractivity contribution in [3.8, 4) is 0 Å². The smallest absolute Gasteiger partial charge is 0.279 e. The summed E-state index contributed by atoms with van der Waals surface area (Å²) >= 11 is 0. The third kappa shape index (κ3) is 5.81. The summed E-state index contributed by atoms with van der Waals surface area (Å²) in [4.78, 5) is 0. The Bertz CT molecular complexity index is 287. The maximum absolute atomic E-state index is 11.9. The Kier molecular flexibility index (Phi) is 7.03. The van der Waals surface area contributed by atoms with Crippen LogP contribution in [0.3, 0.4) is 0 Å². The molecular formula is C11H25N3O2S. The Morgan fingerprint density at radius 1 is 1.00 bits per heavy atom. The van der Waals surface area contributed by atoms with Gasteiger partial charge in [-0.25, -0.2) is 4.72 Å². The normalized spacial score (nSPS) is 18.4. The van der Waals surface area contributed by atoms with Crippen LogP contribution in [0, 0.1) is 0 Å². The monoisotopic (exact) mass is 263 g/mol. The zero-order valence-corrected chi connectivity index (χ0v) is 11.3. The molecule has 5 nitrogen and oxygen atoms in total. The first-order valence-corrected chi connectivity index (χ1v) is 8.05. The second kappa shape index (κ2) is 8.02. The quantitative estimate of drug-likeness (QED) is 0.637. The van der Waals surface area contributed by atoms with Crippen molar-refractivity contribution in [2.24, 2.45) is 5.73 Å². The summed E-state index contributed by atoms with van der Waals surface area (Å²) in [6.45, 7) is 2.61. The number of nitrogens with two attached hydrogens (primary N) is 1. The third-order valence-electron chi connectivity index (χ3n) is 3.07. The van der Waals surface area contributed by atoms with Crippen LogP contribution in [0.25, 0.3) is 0 Å². The van der Waals surface area contributed by atoms with Gasteiger partial charge in [-0.05, 0) is 32.2 Å². The average molecular weight is 263 g/mol. The van der Waals surface area contributed by atoms with E-state index in [4.69, 9.17) is 5.73 Å². The topological polar surface area (TPSA) is 75.4 Å². The van der Waals surface area contributed by atoms with Crippen molar-refractivity contribution < 1.29 is 8.42 Å². The number of nitrogens with one attached hydrogen (secondary N) is 1. The highest BCUT2D eigenvalue weighted by atomic mass is 32.2. The van der Waals surface area contributed by atoms with Crippen molar-refractivity contribution in [1.82, 2.24) is 9.03 Å². The minimum atomic E-state index is -3.22. The van der Waals surface area contributed by atoms with E-state index in [2.05, 4.69) is 4.72 Å². The summed E-state index contributed by atoms with van der Waals surface area (Å²) < 4.78 is 28.0. The highest BCUT2D eigenvalue weighted by Crippen LogP contribution is 2.11. The number of nitrogens with zero attached hydrogens (tertiary/aromatic N) is 1. The minimum Gasteiger partial charge on any atom is -0.330 e. The van der Waals surface area contributed by atoms with Crippen molar-refractivity contribution in [2.75, 3.05) is 26.2 Å². The molecule has 0 unspecified atom stereocenters. The highest BCUT2D eigenvalue weighted by molar-refractivity contribution is 7.87. The lowest BCUT2D eigenvalue weighted by atomic mass is 10.2. The fraction of sp³-hybridized carbons (Fsp3) is 1.00. The van der Waals surface area contributed by atoms with Gasteiger partial charge in [0.2, 0.25) is 0 Å². The van der Waals surface area contributed by atoms with Crippen LogP contribution in [0.1, 0.15) is 44.9 Å². The number of hydrogen-bond acceptors (Lipinski definition) is 3. The van der Waals surface area contributed by atoms with Crippen LogP contribution in [0.4, 0.5) is 0 Å². The largest absolute Gasteiger partial charge is 0.330 e. The summed E-state index contributed by atoms with van der Waals surface area (Å²) in [5.74, 6) is 0. The summed E-state index contributed by atoms with van der Waals surface area (Å²) in [5.41, 5.74) is 5.39. The van der Waals surface area contributed by atoms with E-state index < -0.39 is 10.2 Å². The van der Waals surface area contributed by atoms with Crippen LogP contribution in [0.2, 0.25) is 0 Å².